The van der Waals surface area contributed by atoms with Crippen molar-refractivity contribution in [2.24, 2.45) is 0 Å². The van der Waals surface area contributed by atoms with Crippen LogP contribution in [0.15, 0.2) is 66.9 Å². The van der Waals surface area contributed by atoms with Crippen LogP contribution in [-0.2, 0) is 6.54 Å². The van der Waals surface area contributed by atoms with Crippen LogP contribution < -0.4 is 10.6 Å². The van der Waals surface area contributed by atoms with E-state index in [0.717, 1.165) is 11.1 Å². The Balaban J connectivity index is 1.63. The van der Waals surface area contributed by atoms with Crippen LogP contribution in [0.25, 0.3) is 0 Å². The highest BCUT2D eigenvalue weighted by Crippen LogP contribution is 2.12. The van der Waals surface area contributed by atoms with E-state index >= 15 is 0 Å². The molecule has 0 aliphatic heterocycles. The molecular weight excluding hydrogens is 324 g/mol. The van der Waals surface area contributed by atoms with Gasteiger partial charge in [0.1, 0.15) is 5.69 Å². The summed E-state index contributed by atoms with van der Waals surface area (Å²) in [6.07, 6.45) is 1.59. The average molecular weight is 346 g/mol. The van der Waals surface area contributed by atoms with Gasteiger partial charge in [0.15, 0.2) is 0 Å². The Kier molecular flexibility index (Phi) is 5.59. The van der Waals surface area contributed by atoms with E-state index in [1.54, 1.807) is 12.3 Å². The Morgan fingerprint density at radius 1 is 1.08 bits per heavy atom. The van der Waals surface area contributed by atoms with Crippen molar-refractivity contribution in [1.82, 2.24) is 15.3 Å². The molecule has 1 unspecified atom stereocenters. The first kappa shape index (κ1) is 17.6. The minimum Gasteiger partial charge on any atom is -0.350 e. The number of amides is 1. The average Bonchev–Trinajstić information content (AvgIpc) is 2.67. The van der Waals surface area contributed by atoms with Crippen molar-refractivity contribution in [3.05, 3.63) is 89.2 Å². The summed E-state index contributed by atoms with van der Waals surface area (Å²) in [6.45, 7) is 4.61. The van der Waals surface area contributed by atoms with Crippen LogP contribution in [-0.4, -0.2) is 15.9 Å². The van der Waals surface area contributed by atoms with Gasteiger partial charge in [-0.15, -0.1) is 0 Å². The maximum atomic E-state index is 12.5. The summed E-state index contributed by atoms with van der Waals surface area (Å²) in [5.41, 5.74) is 3.73. The molecule has 26 heavy (non-hydrogen) atoms. The number of nitrogens with one attached hydrogen (secondary N) is 2. The number of rotatable bonds is 6. The lowest BCUT2D eigenvalue weighted by atomic mass is 10.1. The Morgan fingerprint density at radius 3 is 2.65 bits per heavy atom. The summed E-state index contributed by atoms with van der Waals surface area (Å²) in [5, 5.41) is 6.13. The molecule has 5 heteroatoms. The summed E-state index contributed by atoms with van der Waals surface area (Å²) < 4.78 is 0. The van der Waals surface area contributed by atoms with Gasteiger partial charge in [-0.05, 0) is 31.0 Å². The predicted octanol–water partition coefficient (Wildman–Crippen LogP) is 3.89. The van der Waals surface area contributed by atoms with Gasteiger partial charge in [0.05, 0.1) is 6.04 Å². The van der Waals surface area contributed by atoms with Crippen molar-refractivity contribution in [3.8, 4) is 0 Å². The van der Waals surface area contributed by atoms with E-state index < -0.39 is 0 Å². The number of hydrogen-bond donors (Lipinski definition) is 2. The second-order valence-electron chi connectivity index (χ2n) is 6.21. The first-order chi connectivity index (χ1) is 12.6. The quantitative estimate of drug-likeness (QED) is 0.711. The van der Waals surface area contributed by atoms with Gasteiger partial charge in [0.25, 0.3) is 5.91 Å². The van der Waals surface area contributed by atoms with Gasteiger partial charge >= 0.3 is 0 Å². The minimum absolute atomic E-state index is 0.0950. The molecule has 3 aromatic rings. The van der Waals surface area contributed by atoms with Crippen LogP contribution in [0.1, 0.15) is 40.1 Å². The third-order valence-corrected chi connectivity index (χ3v) is 4.07. The molecule has 0 bridgehead atoms. The lowest BCUT2D eigenvalue weighted by Crippen LogP contribution is -2.27. The second-order valence-corrected chi connectivity index (χ2v) is 6.21. The van der Waals surface area contributed by atoms with Crippen LogP contribution in [0.2, 0.25) is 0 Å². The zero-order valence-corrected chi connectivity index (χ0v) is 14.9. The van der Waals surface area contributed by atoms with Crippen LogP contribution in [0.4, 0.5) is 5.95 Å². The van der Waals surface area contributed by atoms with Gasteiger partial charge in [-0.3, -0.25) is 4.79 Å². The van der Waals surface area contributed by atoms with E-state index in [1.807, 2.05) is 49.4 Å². The number of hydrogen-bond acceptors (Lipinski definition) is 4. The van der Waals surface area contributed by atoms with Crippen LogP contribution in [0.5, 0.6) is 0 Å². The van der Waals surface area contributed by atoms with Gasteiger partial charge in [0.2, 0.25) is 5.95 Å². The number of carbonyl (C=O) groups is 1. The van der Waals surface area contributed by atoms with Crippen molar-refractivity contribution in [3.63, 3.8) is 0 Å². The van der Waals surface area contributed by atoms with E-state index in [4.69, 9.17) is 0 Å². The van der Waals surface area contributed by atoms with E-state index in [-0.39, 0.29) is 11.9 Å². The molecule has 5 nitrogen and oxygen atoms in total. The molecule has 0 radical (unpaired) electrons. The molecule has 0 saturated carbocycles. The largest absolute Gasteiger partial charge is 0.350 e. The monoisotopic (exact) mass is 346 g/mol. The fraction of sp³-hybridized carbons (Fsp3) is 0.190. The number of aryl methyl sites for hydroxylation is 1. The summed E-state index contributed by atoms with van der Waals surface area (Å²) >= 11 is 0. The minimum atomic E-state index is -0.220. The number of benzene rings is 2. The summed E-state index contributed by atoms with van der Waals surface area (Å²) in [4.78, 5) is 21.0. The highest BCUT2D eigenvalue weighted by molar-refractivity contribution is 5.92. The molecule has 132 valence electrons. The molecule has 1 atom stereocenters. The number of carbonyl (C=O) groups excluding carboxylic acids is 1. The van der Waals surface area contributed by atoms with Gasteiger partial charge in [-0.25, -0.2) is 9.97 Å². The van der Waals surface area contributed by atoms with Crippen LogP contribution in [0.3, 0.4) is 0 Å². The lowest BCUT2D eigenvalue weighted by Gasteiger charge is -2.14. The van der Waals surface area contributed by atoms with Crippen LogP contribution >= 0.6 is 0 Å². The molecule has 0 aliphatic carbocycles. The van der Waals surface area contributed by atoms with Gasteiger partial charge in [0, 0.05) is 12.7 Å². The van der Waals surface area contributed by atoms with Crippen molar-refractivity contribution >= 4 is 11.9 Å². The van der Waals surface area contributed by atoms with Crippen LogP contribution in [0, 0.1) is 6.92 Å². The first-order valence-electron chi connectivity index (χ1n) is 8.60. The molecular formula is C21H22N4O. The van der Waals surface area contributed by atoms with Crippen molar-refractivity contribution in [1.29, 1.82) is 0 Å². The van der Waals surface area contributed by atoms with E-state index in [1.165, 1.54) is 5.56 Å². The molecule has 3 rings (SSSR count). The Morgan fingerprint density at radius 2 is 1.88 bits per heavy atom. The number of aromatic nitrogens is 2. The van der Waals surface area contributed by atoms with Gasteiger partial charge < -0.3 is 10.6 Å². The van der Waals surface area contributed by atoms with E-state index in [0.29, 0.717) is 18.2 Å². The summed E-state index contributed by atoms with van der Waals surface area (Å²) in [7, 11) is 0. The van der Waals surface area contributed by atoms with Gasteiger partial charge in [-0.2, -0.15) is 0 Å². The van der Waals surface area contributed by atoms with E-state index in [2.05, 4.69) is 39.7 Å². The third kappa shape index (κ3) is 4.66. The molecule has 2 aromatic carbocycles. The van der Waals surface area contributed by atoms with Gasteiger partial charge in [-0.1, -0.05) is 60.2 Å². The molecule has 1 heterocycles. The molecule has 1 aromatic heterocycles. The Bertz CT molecular complexity index is 880. The SMILES string of the molecule is Cc1cccc(CNc2nccc(C(=O)NC(C)c3ccccc3)n2)c1. The second kappa shape index (κ2) is 8.25. The molecule has 0 spiro atoms. The molecule has 0 saturated heterocycles. The van der Waals surface area contributed by atoms with Crippen molar-refractivity contribution in [2.45, 2.75) is 26.4 Å². The number of nitrogens with zero attached hydrogens (tertiary/aromatic N) is 2. The smallest absolute Gasteiger partial charge is 0.270 e. The third-order valence-electron chi connectivity index (χ3n) is 4.07. The zero-order valence-electron chi connectivity index (χ0n) is 14.9. The topological polar surface area (TPSA) is 66.9 Å². The highest BCUT2D eigenvalue weighted by atomic mass is 16.1. The fourth-order valence-electron chi connectivity index (χ4n) is 2.67. The molecule has 0 aliphatic rings. The standard InChI is InChI=1S/C21H22N4O/c1-15-7-6-8-17(13-15)14-23-21-22-12-11-19(25-21)20(26)24-16(2)18-9-4-3-5-10-18/h3-13,16H,14H2,1-2H3,(H,24,26)(H,22,23,25). The summed E-state index contributed by atoms with van der Waals surface area (Å²) in [6, 6.07) is 19.6. The van der Waals surface area contributed by atoms with Crippen molar-refractivity contribution < 1.29 is 4.79 Å². The fourth-order valence-corrected chi connectivity index (χ4v) is 2.67. The predicted molar refractivity (Wildman–Crippen MR) is 103 cm³/mol. The Labute approximate surface area is 153 Å². The lowest BCUT2D eigenvalue weighted by molar-refractivity contribution is 0.0935. The maximum Gasteiger partial charge on any atom is 0.270 e. The first-order valence-corrected chi connectivity index (χ1v) is 8.60. The van der Waals surface area contributed by atoms with E-state index in [9.17, 15) is 4.79 Å². The number of anilines is 1. The normalized spacial score (nSPS) is 11.6. The molecule has 1 amide bonds. The Hall–Kier alpha value is -3.21. The highest BCUT2D eigenvalue weighted by Gasteiger charge is 2.13. The maximum absolute atomic E-state index is 12.5. The zero-order chi connectivity index (χ0) is 18.4. The van der Waals surface area contributed by atoms with Crippen molar-refractivity contribution in [2.75, 3.05) is 5.32 Å². The molecule has 0 fully saturated rings. The molecule has 2 N–H and O–H groups in total. The summed E-state index contributed by atoms with van der Waals surface area (Å²) in [5.74, 6) is 0.217.